The number of ether oxygens (including phenoxy) is 1. The van der Waals surface area contributed by atoms with Crippen LogP contribution in [-0.2, 0) is 0 Å². The number of nitrogens with zero attached hydrogens (tertiary/aromatic N) is 1. The van der Waals surface area contributed by atoms with E-state index >= 15 is 0 Å². The smallest absolute Gasteiger partial charge is 0.345 e. The van der Waals surface area contributed by atoms with Gasteiger partial charge in [0.2, 0.25) is 0 Å². The van der Waals surface area contributed by atoms with Gasteiger partial charge < -0.3 is 9.72 Å². The van der Waals surface area contributed by atoms with Crippen LogP contribution in [0, 0.1) is 0 Å². The number of rotatable bonds is 6. The summed E-state index contributed by atoms with van der Waals surface area (Å²) in [6, 6.07) is 20.5. The summed E-state index contributed by atoms with van der Waals surface area (Å²) in [6.07, 6.45) is 1.36. The van der Waals surface area contributed by atoms with Crippen molar-refractivity contribution in [2.24, 2.45) is 5.10 Å². The maximum atomic E-state index is 13.4. The highest BCUT2D eigenvalue weighted by Crippen LogP contribution is 2.38. The summed E-state index contributed by atoms with van der Waals surface area (Å²) in [5.74, 6) is -1.06. The van der Waals surface area contributed by atoms with Crippen molar-refractivity contribution < 1.29 is 14.3 Å². The first-order valence-corrected chi connectivity index (χ1v) is 14.8. The molecule has 41 heavy (non-hydrogen) atoms. The van der Waals surface area contributed by atoms with Crippen molar-refractivity contribution in [1.29, 1.82) is 0 Å². The van der Waals surface area contributed by atoms with Crippen LogP contribution in [-0.4, -0.2) is 23.1 Å². The van der Waals surface area contributed by atoms with Gasteiger partial charge in [0.15, 0.2) is 5.75 Å². The number of fused-ring (bicyclic) bond motifs is 1. The number of hydrogen-bond acceptors (Lipinski definition) is 4. The first-order valence-electron chi connectivity index (χ1n) is 11.7. The first-order chi connectivity index (χ1) is 19.6. The largest absolute Gasteiger partial charge is 0.421 e. The number of aromatic nitrogens is 1. The standard InChI is InChI=1S/C29H15Br2Cl4N3O3/c30-16-8-15(27(21(31)9-16)41-29(40)19-7-6-17(32)11-22(19)34)13-36-38-28(39)26-24(14-4-2-1-3-5-14)20-10-18(33)12-23(35)25(20)37-26/h1-13,37H,(H,38,39). The normalized spacial score (nSPS) is 11.3. The van der Waals surface area contributed by atoms with E-state index in [2.05, 4.69) is 47.4 Å². The summed E-state index contributed by atoms with van der Waals surface area (Å²) in [5.41, 5.74) is 5.28. The number of amides is 1. The van der Waals surface area contributed by atoms with Gasteiger partial charge in [-0.3, -0.25) is 4.79 Å². The lowest BCUT2D eigenvalue weighted by Gasteiger charge is -2.11. The summed E-state index contributed by atoms with van der Waals surface area (Å²) in [6.45, 7) is 0. The number of hydrogen-bond donors (Lipinski definition) is 2. The Morgan fingerprint density at radius 1 is 0.878 bits per heavy atom. The average Bonchev–Trinajstić information content (AvgIpc) is 3.30. The van der Waals surface area contributed by atoms with Gasteiger partial charge in [-0.15, -0.1) is 0 Å². The molecular weight excluding hydrogens is 740 g/mol. The molecule has 0 aliphatic carbocycles. The van der Waals surface area contributed by atoms with Crippen LogP contribution >= 0.6 is 78.3 Å². The third-order valence-corrected chi connectivity index (χ3v) is 7.98. The molecule has 5 aromatic rings. The zero-order chi connectivity index (χ0) is 29.3. The zero-order valence-corrected chi connectivity index (χ0v) is 26.6. The van der Waals surface area contributed by atoms with Gasteiger partial charge in [0.1, 0.15) is 5.69 Å². The van der Waals surface area contributed by atoms with Gasteiger partial charge in [0.25, 0.3) is 5.91 Å². The third-order valence-electron chi connectivity index (χ3n) is 5.87. The van der Waals surface area contributed by atoms with Crippen LogP contribution in [0.5, 0.6) is 5.75 Å². The number of carbonyl (C=O) groups excluding carboxylic acids is 2. The summed E-state index contributed by atoms with van der Waals surface area (Å²) in [5, 5.41) is 6.16. The molecule has 4 aromatic carbocycles. The number of benzene rings is 4. The number of esters is 1. The minimum Gasteiger partial charge on any atom is -0.421 e. The molecule has 0 unspecified atom stereocenters. The minimum atomic E-state index is -0.700. The maximum absolute atomic E-state index is 13.4. The summed E-state index contributed by atoms with van der Waals surface area (Å²) in [7, 11) is 0. The van der Waals surface area contributed by atoms with Gasteiger partial charge in [0.05, 0.1) is 31.8 Å². The fraction of sp³-hybridized carbons (Fsp3) is 0. The van der Waals surface area contributed by atoms with E-state index < -0.39 is 11.9 Å². The molecule has 1 heterocycles. The predicted octanol–water partition coefficient (Wildman–Crippen LogP) is 9.96. The summed E-state index contributed by atoms with van der Waals surface area (Å²) >= 11 is 31.7. The Hall–Kier alpha value is -2.85. The van der Waals surface area contributed by atoms with E-state index in [1.54, 1.807) is 24.3 Å². The Kier molecular flexibility index (Phi) is 9.09. The van der Waals surface area contributed by atoms with E-state index in [0.717, 1.165) is 5.56 Å². The zero-order valence-electron chi connectivity index (χ0n) is 20.4. The van der Waals surface area contributed by atoms with Gasteiger partial charge in [-0.2, -0.15) is 5.10 Å². The molecule has 6 nitrogen and oxygen atoms in total. The molecule has 0 fully saturated rings. The molecular formula is C29H15Br2Cl4N3O3. The quantitative estimate of drug-likeness (QED) is 0.0784. The van der Waals surface area contributed by atoms with Crippen molar-refractivity contribution in [3.05, 3.63) is 119 Å². The average molecular weight is 755 g/mol. The maximum Gasteiger partial charge on any atom is 0.345 e. The highest BCUT2D eigenvalue weighted by molar-refractivity contribution is 9.11. The Labute approximate surface area is 270 Å². The number of halogens is 6. The van der Waals surface area contributed by atoms with Crippen molar-refractivity contribution >= 4 is 107 Å². The van der Waals surface area contributed by atoms with Crippen LogP contribution in [0.4, 0.5) is 0 Å². The van der Waals surface area contributed by atoms with E-state index in [4.69, 9.17) is 51.1 Å². The number of carbonyl (C=O) groups is 2. The Bertz CT molecular complexity index is 1860. The minimum absolute atomic E-state index is 0.132. The molecule has 0 atom stereocenters. The van der Waals surface area contributed by atoms with E-state index in [9.17, 15) is 9.59 Å². The monoisotopic (exact) mass is 751 g/mol. The van der Waals surface area contributed by atoms with Crippen LogP contribution in [0.2, 0.25) is 20.1 Å². The second-order valence-corrected chi connectivity index (χ2v) is 12.0. The molecule has 0 radical (unpaired) electrons. The first kappa shape index (κ1) is 29.6. The molecule has 12 heteroatoms. The van der Waals surface area contributed by atoms with Crippen LogP contribution in [0.15, 0.2) is 86.8 Å². The van der Waals surface area contributed by atoms with Gasteiger partial charge in [-0.1, -0.05) is 92.7 Å². The molecule has 0 aliphatic heterocycles. The molecule has 0 saturated carbocycles. The van der Waals surface area contributed by atoms with E-state index in [-0.39, 0.29) is 22.0 Å². The van der Waals surface area contributed by atoms with Gasteiger partial charge in [-0.25, -0.2) is 10.2 Å². The van der Waals surface area contributed by atoms with E-state index in [1.807, 2.05) is 30.3 Å². The molecule has 2 N–H and O–H groups in total. The Balaban J connectivity index is 1.46. The van der Waals surface area contributed by atoms with Crippen LogP contribution < -0.4 is 10.2 Å². The van der Waals surface area contributed by atoms with Gasteiger partial charge in [0, 0.05) is 31.0 Å². The van der Waals surface area contributed by atoms with Crippen LogP contribution in [0.3, 0.4) is 0 Å². The fourth-order valence-electron chi connectivity index (χ4n) is 4.10. The topological polar surface area (TPSA) is 83.5 Å². The number of H-pyrrole nitrogens is 1. The summed E-state index contributed by atoms with van der Waals surface area (Å²) < 4.78 is 6.79. The summed E-state index contributed by atoms with van der Waals surface area (Å²) in [4.78, 5) is 29.4. The Morgan fingerprint density at radius 2 is 1.61 bits per heavy atom. The van der Waals surface area contributed by atoms with Crippen LogP contribution in [0.25, 0.3) is 22.0 Å². The molecule has 0 aliphatic rings. The van der Waals surface area contributed by atoms with Crippen LogP contribution in [0.1, 0.15) is 26.4 Å². The third kappa shape index (κ3) is 6.48. The molecule has 1 aromatic heterocycles. The van der Waals surface area contributed by atoms with Crippen molar-refractivity contribution in [3.8, 4) is 16.9 Å². The highest BCUT2D eigenvalue weighted by Gasteiger charge is 2.22. The molecule has 206 valence electrons. The molecule has 5 rings (SSSR count). The fourth-order valence-corrected chi connectivity index (χ4v) is 6.46. The van der Waals surface area contributed by atoms with Gasteiger partial charge >= 0.3 is 5.97 Å². The second-order valence-electron chi connectivity index (χ2n) is 8.57. The van der Waals surface area contributed by atoms with Crippen molar-refractivity contribution in [2.75, 3.05) is 0 Å². The lowest BCUT2D eigenvalue weighted by Crippen LogP contribution is -2.19. The van der Waals surface area contributed by atoms with Crippen molar-refractivity contribution in [3.63, 3.8) is 0 Å². The van der Waals surface area contributed by atoms with Crippen molar-refractivity contribution in [2.45, 2.75) is 0 Å². The van der Waals surface area contributed by atoms with E-state index in [1.165, 1.54) is 24.4 Å². The number of hydrazone groups is 1. The van der Waals surface area contributed by atoms with Gasteiger partial charge in [-0.05, 0) is 64.0 Å². The van der Waals surface area contributed by atoms with E-state index in [0.29, 0.717) is 46.0 Å². The second kappa shape index (κ2) is 12.6. The molecule has 0 spiro atoms. The predicted molar refractivity (Wildman–Crippen MR) is 172 cm³/mol. The SMILES string of the molecule is O=C(Oc1c(Br)cc(Br)cc1C=NNC(=O)c1[nH]c2c(Cl)cc(Cl)cc2c1-c1ccccc1)c1ccc(Cl)cc1Cl. The Morgan fingerprint density at radius 3 is 2.34 bits per heavy atom. The van der Waals surface area contributed by atoms with Crippen molar-refractivity contribution in [1.82, 2.24) is 10.4 Å². The molecule has 0 bridgehead atoms. The highest BCUT2D eigenvalue weighted by atomic mass is 79.9. The number of aromatic amines is 1. The lowest BCUT2D eigenvalue weighted by atomic mass is 10.0. The molecule has 0 saturated heterocycles. The lowest BCUT2D eigenvalue weighted by molar-refractivity contribution is 0.0733. The molecule has 1 amide bonds. The number of nitrogens with one attached hydrogen (secondary N) is 2.